The van der Waals surface area contributed by atoms with E-state index in [1.165, 1.54) is 11.6 Å². The molecule has 0 bridgehead atoms. The van der Waals surface area contributed by atoms with Crippen LogP contribution in [0.15, 0.2) is 30.3 Å². The van der Waals surface area contributed by atoms with Gasteiger partial charge in [-0.3, -0.25) is 4.90 Å². The van der Waals surface area contributed by atoms with Crippen LogP contribution in [0.2, 0.25) is 0 Å². The van der Waals surface area contributed by atoms with Gasteiger partial charge >= 0.3 is 5.97 Å². The molecule has 0 unspecified atom stereocenters. The number of hydrogen-bond acceptors (Lipinski definition) is 3. The van der Waals surface area contributed by atoms with E-state index in [4.69, 9.17) is 9.84 Å². The van der Waals surface area contributed by atoms with Crippen LogP contribution in [-0.2, 0) is 16.1 Å². The van der Waals surface area contributed by atoms with Gasteiger partial charge in [0.1, 0.15) is 0 Å². The van der Waals surface area contributed by atoms with Crippen LogP contribution in [0.5, 0.6) is 0 Å². The Balaban J connectivity index is 1.98. The summed E-state index contributed by atoms with van der Waals surface area (Å²) in [5.74, 6) is -0.922. The molecule has 1 aliphatic heterocycles. The lowest BCUT2D eigenvalue weighted by atomic mass is 10.1. The molecule has 1 aromatic carbocycles. The van der Waals surface area contributed by atoms with Crippen molar-refractivity contribution in [2.24, 2.45) is 0 Å². The van der Waals surface area contributed by atoms with Crippen molar-refractivity contribution in [2.75, 3.05) is 20.3 Å². The Morgan fingerprint density at radius 1 is 1.45 bits per heavy atom. The number of rotatable bonds is 5. The van der Waals surface area contributed by atoms with Crippen molar-refractivity contribution in [3.63, 3.8) is 0 Å². The average Bonchev–Trinajstić information content (AvgIpc) is 2.46. The summed E-state index contributed by atoms with van der Waals surface area (Å²) in [4.78, 5) is 12.9. The second kappa shape index (κ2) is 7.22. The second-order valence-electron chi connectivity index (χ2n) is 5.18. The predicted molar refractivity (Wildman–Crippen MR) is 78.4 cm³/mol. The number of carboxylic acid groups (broad SMARTS) is 1. The summed E-state index contributed by atoms with van der Waals surface area (Å²) in [6.45, 7) is 2.56. The van der Waals surface area contributed by atoms with Crippen LogP contribution >= 0.6 is 0 Å². The molecule has 4 heteroatoms. The molecule has 0 atom stereocenters. The van der Waals surface area contributed by atoms with E-state index in [9.17, 15) is 4.79 Å². The average molecular weight is 275 g/mol. The predicted octanol–water partition coefficient (Wildman–Crippen LogP) is 2.40. The van der Waals surface area contributed by atoms with Crippen molar-refractivity contribution < 1.29 is 14.6 Å². The summed E-state index contributed by atoms with van der Waals surface area (Å²) in [7, 11) is 2.13. The summed E-state index contributed by atoms with van der Waals surface area (Å²) in [6.07, 6.45) is 4.95. The molecule has 0 aromatic heterocycles. The lowest BCUT2D eigenvalue weighted by Gasteiger charge is -2.31. The van der Waals surface area contributed by atoms with E-state index < -0.39 is 5.97 Å². The van der Waals surface area contributed by atoms with Crippen LogP contribution in [0.3, 0.4) is 0 Å². The number of hydrogen-bond donors (Lipinski definition) is 1. The lowest BCUT2D eigenvalue weighted by Crippen LogP contribution is -2.36. The molecule has 1 saturated heterocycles. The Hall–Kier alpha value is -1.65. The third kappa shape index (κ3) is 4.47. The first kappa shape index (κ1) is 14.8. The fraction of sp³-hybridized carbons (Fsp3) is 0.438. The summed E-state index contributed by atoms with van der Waals surface area (Å²) >= 11 is 0. The summed E-state index contributed by atoms with van der Waals surface area (Å²) in [5.41, 5.74) is 2.12. The number of nitrogens with zero attached hydrogens (tertiary/aromatic N) is 1. The standard InChI is InChI=1S/C16H21NO3/c1-17(15-7-9-20-10-8-15)12-14-4-2-3-13(11-14)5-6-16(18)19/h2-6,11,15H,7-10,12H2,1H3,(H,18,19). The maximum absolute atomic E-state index is 10.5. The maximum atomic E-state index is 10.5. The van der Waals surface area contributed by atoms with E-state index in [1.54, 1.807) is 6.08 Å². The molecule has 1 aliphatic rings. The molecule has 0 saturated carbocycles. The van der Waals surface area contributed by atoms with Crippen molar-refractivity contribution in [1.82, 2.24) is 4.90 Å². The highest BCUT2D eigenvalue weighted by atomic mass is 16.5. The summed E-state index contributed by atoms with van der Waals surface area (Å²) in [5, 5.41) is 8.65. The molecule has 4 nitrogen and oxygen atoms in total. The minimum Gasteiger partial charge on any atom is -0.478 e. The van der Waals surface area contributed by atoms with Crippen molar-refractivity contribution in [3.8, 4) is 0 Å². The van der Waals surface area contributed by atoms with Crippen LogP contribution in [0, 0.1) is 0 Å². The van der Waals surface area contributed by atoms with Crippen LogP contribution in [0.25, 0.3) is 6.08 Å². The van der Waals surface area contributed by atoms with Gasteiger partial charge in [-0.1, -0.05) is 24.3 Å². The van der Waals surface area contributed by atoms with E-state index in [1.807, 2.05) is 18.2 Å². The SMILES string of the molecule is CN(Cc1cccc(C=CC(=O)O)c1)C1CCOCC1. The molecular weight excluding hydrogens is 254 g/mol. The molecule has 108 valence electrons. The molecule has 0 amide bonds. The largest absolute Gasteiger partial charge is 0.478 e. The normalized spacial score (nSPS) is 16.9. The van der Waals surface area contributed by atoms with Crippen molar-refractivity contribution in [2.45, 2.75) is 25.4 Å². The molecule has 0 aliphatic carbocycles. The molecule has 0 spiro atoms. The Labute approximate surface area is 119 Å². The zero-order valence-electron chi connectivity index (χ0n) is 11.8. The molecular formula is C16H21NO3. The van der Waals surface area contributed by atoms with Crippen LogP contribution < -0.4 is 0 Å². The first-order chi connectivity index (χ1) is 9.65. The van der Waals surface area contributed by atoms with E-state index in [0.29, 0.717) is 6.04 Å². The number of aliphatic carboxylic acids is 1. The highest BCUT2D eigenvalue weighted by molar-refractivity contribution is 5.85. The topological polar surface area (TPSA) is 49.8 Å². The molecule has 0 radical (unpaired) electrons. The zero-order valence-corrected chi connectivity index (χ0v) is 11.8. The van der Waals surface area contributed by atoms with Crippen LogP contribution in [-0.4, -0.2) is 42.3 Å². The van der Waals surface area contributed by atoms with Gasteiger partial charge in [-0.15, -0.1) is 0 Å². The van der Waals surface area contributed by atoms with Crippen LogP contribution in [0.1, 0.15) is 24.0 Å². The van der Waals surface area contributed by atoms with Gasteiger partial charge in [0.25, 0.3) is 0 Å². The van der Waals surface area contributed by atoms with Gasteiger partial charge < -0.3 is 9.84 Å². The summed E-state index contributed by atoms with van der Waals surface area (Å²) < 4.78 is 5.38. The zero-order chi connectivity index (χ0) is 14.4. The number of carboxylic acids is 1. The van der Waals surface area contributed by atoms with Crippen LogP contribution in [0.4, 0.5) is 0 Å². The molecule has 1 fully saturated rings. The number of carbonyl (C=O) groups is 1. The third-order valence-corrected chi connectivity index (χ3v) is 3.62. The van der Waals surface area contributed by atoms with Gasteiger partial charge in [0.05, 0.1) is 0 Å². The van der Waals surface area contributed by atoms with E-state index in [2.05, 4.69) is 18.0 Å². The Morgan fingerprint density at radius 3 is 2.90 bits per heavy atom. The summed E-state index contributed by atoms with van der Waals surface area (Å²) in [6, 6.07) is 8.57. The monoisotopic (exact) mass is 275 g/mol. The molecule has 1 heterocycles. The molecule has 2 rings (SSSR count). The maximum Gasteiger partial charge on any atom is 0.328 e. The smallest absolute Gasteiger partial charge is 0.328 e. The fourth-order valence-corrected chi connectivity index (χ4v) is 2.51. The van der Waals surface area contributed by atoms with Gasteiger partial charge in [0, 0.05) is 31.9 Å². The Kier molecular flexibility index (Phi) is 5.32. The van der Waals surface area contributed by atoms with Gasteiger partial charge in [-0.25, -0.2) is 4.79 Å². The minimum atomic E-state index is -0.922. The first-order valence-corrected chi connectivity index (χ1v) is 6.93. The molecule has 1 aromatic rings. The van der Waals surface area contributed by atoms with Crippen molar-refractivity contribution in [3.05, 3.63) is 41.5 Å². The fourth-order valence-electron chi connectivity index (χ4n) is 2.51. The highest BCUT2D eigenvalue weighted by Gasteiger charge is 2.18. The van der Waals surface area contributed by atoms with Crippen molar-refractivity contribution in [1.29, 1.82) is 0 Å². The third-order valence-electron chi connectivity index (χ3n) is 3.62. The quantitative estimate of drug-likeness (QED) is 0.838. The lowest BCUT2D eigenvalue weighted by molar-refractivity contribution is -0.131. The molecule has 20 heavy (non-hydrogen) atoms. The Bertz CT molecular complexity index is 478. The van der Waals surface area contributed by atoms with Gasteiger partial charge in [-0.05, 0) is 37.1 Å². The highest BCUT2D eigenvalue weighted by Crippen LogP contribution is 2.16. The molecule has 1 N–H and O–H groups in total. The minimum absolute atomic E-state index is 0.571. The van der Waals surface area contributed by atoms with E-state index >= 15 is 0 Å². The number of ether oxygens (including phenoxy) is 1. The van der Waals surface area contributed by atoms with Gasteiger partial charge in [0.2, 0.25) is 0 Å². The van der Waals surface area contributed by atoms with E-state index in [-0.39, 0.29) is 0 Å². The van der Waals surface area contributed by atoms with Gasteiger partial charge in [-0.2, -0.15) is 0 Å². The van der Waals surface area contributed by atoms with E-state index in [0.717, 1.165) is 38.2 Å². The van der Waals surface area contributed by atoms with Gasteiger partial charge in [0.15, 0.2) is 0 Å². The second-order valence-corrected chi connectivity index (χ2v) is 5.18. The van der Waals surface area contributed by atoms with Crippen molar-refractivity contribution >= 4 is 12.0 Å². The Morgan fingerprint density at radius 2 is 2.20 bits per heavy atom. The number of benzene rings is 1. The first-order valence-electron chi connectivity index (χ1n) is 6.93.